The maximum atomic E-state index is 11.8. The highest BCUT2D eigenvalue weighted by atomic mass is 79.9. The molecule has 0 saturated carbocycles. The Morgan fingerprint density at radius 1 is 1.00 bits per heavy atom. The van der Waals surface area contributed by atoms with Crippen LogP contribution in [-0.4, -0.2) is 24.8 Å². The summed E-state index contributed by atoms with van der Waals surface area (Å²) in [6.07, 6.45) is 2.84. The van der Waals surface area contributed by atoms with Crippen LogP contribution in [0.1, 0.15) is 36.2 Å². The van der Waals surface area contributed by atoms with Crippen LogP contribution in [0, 0.1) is 0 Å². The molecular formula is C23H21Br2NO3S. The summed E-state index contributed by atoms with van der Waals surface area (Å²) < 4.78 is 25.4. The fourth-order valence-corrected chi connectivity index (χ4v) is 4.64. The number of aromatic nitrogens is 1. The van der Waals surface area contributed by atoms with Gasteiger partial charge >= 0.3 is 0 Å². The zero-order chi connectivity index (χ0) is 22.1. The average molecular weight is 551 g/mol. The molecule has 0 bridgehead atoms. The van der Waals surface area contributed by atoms with Crippen molar-refractivity contribution < 1.29 is 13.5 Å². The second kappa shape index (κ2) is 8.75. The number of pyridine rings is 1. The van der Waals surface area contributed by atoms with Crippen LogP contribution in [-0.2, 0) is 15.4 Å². The third-order valence-electron chi connectivity index (χ3n) is 4.59. The molecule has 1 aromatic heterocycles. The number of benzene rings is 2. The van der Waals surface area contributed by atoms with Gasteiger partial charge in [-0.1, -0.05) is 46.3 Å². The van der Waals surface area contributed by atoms with Gasteiger partial charge in [0.05, 0.1) is 16.2 Å². The third kappa shape index (κ3) is 5.27. The zero-order valence-corrected chi connectivity index (χ0v) is 20.7. The molecule has 0 radical (unpaired) electrons. The molecule has 3 aromatic rings. The third-order valence-corrected chi connectivity index (χ3v) is 7.07. The van der Waals surface area contributed by atoms with Crippen molar-refractivity contribution >= 4 is 51.8 Å². The highest BCUT2D eigenvalue weighted by Gasteiger charge is 2.19. The average Bonchev–Trinajstić information content (AvgIpc) is 2.67. The fourth-order valence-electron chi connectivity index (χ4n) is 2.93. The zero-order valence-electron chi connectivity index (χ0n) is 16.7. The highest BCUT2D eigenvalue weighted by molar-refractivity contribution is 9.15. The van der Waals surface area contributed by atoms with Gasteiger partial charge < -0.3 is 5.11 Å². The summed E-state index contributed by atoms with van der Waals surface area (Å²) in [4.78, 5) is 4.84. The molecule has 4 nitrogen and oxygen atoms in total. The van der Waals surface area contributed by atoms with Gasteiger partial charge in [-0.15, -0.1) is 0 Å². The maximum Gasteiger partial charge on any atom is 0.175 e. The standard InChI is InChI=1S/C23H21Br2NO3S/c1-23(2,27)17-9-12-20(26-14-17)21(22(25)16-5-4-6-18(24)13-16)15-7-10-19(11-8-15)30(3,28)29/h4-14,27H,1-3H3/b22-21+. The summed E-state index contributed by atoms with van der Waals surface area (Å²) in [6, 6.07) is 18.3. The number of sulfone groups is 1. The fraction of sp³-hybridized carbons (Fsp3) is 0.174. The molecule has 0 fully saturated rings. The monoisotopic (exact) mass is 549 g/mol. The Balaban J connectivity index is 2.20. The first-order valence-electron chi connectivity index (χ1n) is 9.12. The molecule has 30 heavy (non-hydrogen) atoms. The predicted octanol–water partition coefficient (Wildman–Crippen LogP) is 5.79. The van der Waals surface area contributed by atoms with E-state index < -0.39 is 15.4 Å². The molecule has 0 aliphatic carbocycles. The Labute approximate surface area is 193 Å². The van der Waals surface area contributed by atoms with Crippen molar-refractivity contribution in [2.75, 3.05) is 6.26 Å². The Morgan fingerprint density at radius 3 is 2.17 bits per heavy atom. The lowest BCUT2D eigenvalue weighted by molar-refractivity contribution is 0.0782. The minimum atomic E-state index is -3.29. The van der Waals surface area contributed by atoms with E-state index >= 15 is 0 Å². The molecule has 156 valence electrons. The Hall–Kier alpha value is -1.80. The minimum Gasteiger partial charge on any atom is -0.386 e. The molecule has 1 heterocycles. The van der Waals surface area contributed by atoms with Gasteiger partial charge in [0.2, 0.25) is 0 Å². The number of aliphatic hydroxyl groups is 1. The second-order valence-corrected chi connectivity index (χ2v) is 11.2. The van der Waals surface area contributed by atoms with Crippen LogP contribution in [0.3, 0.4) is 0 Å². The number of rotatable bonds is 5. The van der Waals surface area contributed by atoms with Crippen molar-refractivity contribution in [3.05, 3.63) is 93.7 Å². The van der Waals surface area contributed by atoms with E-state index in [9.17, 15) is 13.5 Å². The lowest BCUT2D eigenvalue weighted by atomic mass is 9.96. The van der Waals surface area contributed by atoms with E-state index in [2.05, 4.69) is 36.8 Å². The van der Waals surface area contributed by atoms with Gasteiger partial charge in [-0.2, -0.15) is 0 Å². The molecule has 7 heteroatoms. The number of nitrogens with zero attached hydrogens (tertiary/aromatic N) is 1. The number of hydrogen-bond donors (Lipinski definition) is 1. The number of hydrogen-bond acceptors (Lipinski definition) is 4. The normalized spacial score (nSPS) is 13.1. The van der Waals surface area contributed by atoms with Gasteiger partial charge in [0.1, 0.15) is 0 Å². The van der Waals surface area contributed by atoms with Crippen LogP contribution < -0.4 is 0 Å². The van der Waals surface area contributed by atoms with Crippen molar-refractivity contribution in [3.63, 3.8) is 0 Å². The van der Waals surface area contributed by atoms with Crippen LogP contribution in [0.2, 0.25) is 0 Å². The molecule has 0 unspecified atom stereocenters. The molecule has 0 aliphatic rings. The molecule has 2 aromatic carbocycles. The summed E-state index contributed by atoms with van der Waals surface area (Å²) in [6.45, 7) is 3.42. The van der Waals surface area contributed by atoms with Gasteiger partial charge in [-0.25, -0.2) is 8.42 Å². The molecule has 0 aliphatic heterocycles. The summed E-state index contributed by atoms with van der Waals surface area (Å²) >= 11 is 7.23. The molecule has 0 atom stereocenters. The molecular weight excluding hydrogens is 530 g/mol. The summed E-state index contributed by atoms with van der Waals surface area (Å²) in [7, 11) is -3.29. The van der Waals surface area contributed by atoms with E-state index in [0.717, 1.165) is 25.7 Å². The van der Waals surface area contributed by atoms with E-state index in [1.54, 1.807) is 44.3 Å². The van der Waals surface area contributed by atoms with Gasteiger partial charge in [-0.3, -0.25) is 4.98 Å². The first kappa shape index (κ1) is 22.9. The molecule has 1 N–H and O–H groups in total. The Kier molecular flexibility index (Phi) is 6.67. The van der Waals surface area contributed by atoms with Crippen molar-refractivity contribution in [2.24, 2.45) is 0 Å². The van der Waals surface area contributed by atoms with Gasteiger partial charge in [0, 0.05) is 32.5 Å². The lowest BCUT2D eigenvalue weighted by Gasteiger charge is -2.18. The van der Waals surface area contributed by atoms with Crippen LogP contribution >= 0.6 is 31.9 Å². The lowest BCUT2D eigenvalue weighted by Crippen LogP contribution is -2.15. The smallest absolute Gasteiger partial charge is 0.175 e. The van der Waals surface area contributed by atoms with E-state index in [1.807, 2.05) is 36.4 Å². The largest absolute Gasteiger partial charge is 0.386 e. The highest BCUT2D eigenvalue weighted by Crippen LogP contribution is 2.37. The first-order chi connectivity index (χ1) is 14.0. The first-order valence-corrected chi connectivity index (χ1v) is 12.6. The summed E-state index contributed by atoms with van der Waals surface area (Å²) in [5.74, 6) is 0. The SMILES string of the molecule is CC(C)(O)c1ccc(/C(=C(/Br)c2cccc(Br)c2)c2ccc(S(C)(=O)=O)cc2)nc1. The van der Waals surface area contributed by atoms with Crippen LogP contribution in [0.5, 0.6) is 0 Å². The van der Waals surface area contributed by atoms with Crippen LogP contribution in [0.15, 0.2) is 76.2 Å². The molecule has 0 saturated heterocycles. The molecule has 3 rings (SSSR count). The van der Waals surface area contributed by atoms with E-state index in [-0.39, 0.29) is 4.90 Å². The van der Waals surface area contributed by atoms with E-state index in [1.165, 1.54) is 6.26 Å². The van der Waals surface area contributed by atoms with Crippen molar-refractivity contribution in [2.45, 2.75) is 24.3 Å². The topological polar surface area (TPSA) is 67.3 Å². The predicted molar refractivity (Wildman–Crippen MR) is 128 cm³/mol. The van der Waals surface area contributed by atoms with Crippen molar-refractivity contribution in [3.8, 4) is 0 Å². The van der Waals surface area contributed by atoms with Gasteiger partial charge in [-0.05, 0) is 71.2 Å². The summed E-state index contributed by atoms with van der Waals surface area (Å²) in [5, 5.41) is 10.2. The Morgan fingerprint density at radius 2 is 1.67 bits per heavy atom. The van der Waals surface area contributed by atoms with Crippen LogP contribution in [0.25, 0.3) is 10.1 Å². The van der Waals surface area contributed by atoms with E-state index in [0.29, 0.717) is 11.3 Å². The maximum absolute atomic E-state index is 11.8. The van der Waals surface area contributed by atoms with Crippen LogP contribution in [0.4, 0.5) is 0 Å². The second-order valence-electron chi connectivity index (χ2n) is 7.49. The minimum absolute atomic E-state index is 0.259. The molecule has 0 amide bonds. The van der Waals surface area contributed by atoms with E-state index in [4.69, 9.17) is 0 Å². The number of halogens is 2. The summed E-state index contributed by atoms with van der Waals surface area (Å²) in [5.41, 5.74) is 2.99. The van der Waals surface area contributed by atoms with Gasteiger partial charge in [0.15, 0.2) is 9.84 Å². The van der Waals surface area contributed by atoms with Crippen molar-refractivity contribution in [1.82, 2.24) is 4.98 Å². The van der Waals surface area contributed by atoms with Gasteiger partial charge in [0.25, 0.3) is 0 Å². The quantitative estimate of drug-likeness (QED) is 0.408. The van der Waals surface area contributed by atoms with Crippen molar-refractivity contribution in [1.29, 1.82) is 0 Å². The molecule has 0 spiro atoms. The Bertz CT molecular complexity index is 1190.